The highest BCUT2D eigenvalue weighted by Crippen LogP contribution is 2.28. The number of hydrogen-bond acceptors (Lipinski definition) is 3. The van der Waals surface area contributed by atoms with E-state index in [4.69, 9.17) is 16.0 Å². The number of carbonyl (C=O) groups is 1. The quantitative estimate of drug-likeness (QED) is 0.912. The molecule has 1 aromatic heterocycles. The van der Waals surface area contributed by atoms with E-state index in [1.165, 1.54) is 0 Å². The molecule has 1 aliphatic heterocycles. The van der Waals surface area contributed by atoms with Crippen molar-refractivity contribution in [2.45, 2.75) is 18.9 Å². The van der Waals surface area contributed by atoms with E-state index in [0.717, 1.165) is 24.9 Å². The van der Waals surface area contributed by atoms with E-state index in [0.29, 0.717) is 29.1 Å². The average molecular weight is 305 g/mol. The van der Waals surface area contributed by atoms with Crippen molar-refractivity contribution in [3.8, 4) is 11.3 Å². The number of furan rings is 1. The standard InChI is InChI=1S/C16H17ClN2O2/c17-13-6-2-1-5-12(13)14-7-8-15(21-14)16(20)19-10-11-4-3-9-18-11/h1-2,5-8,11,18H,3-4,9-10H2,(H,19,20). The first kappa shape index (κ1) is 14.2. The zero-order valence-electron chi connectivity index (χ0n) is 11.6. The second-order valence-electron chi connectivity index (χ2n) is 5.15. The summed E-state index contributed by atoms with van der Waals surface area (Å²) in [6, 6.07) is 11.2. The highest BCUT2D eigenvalue weighted by Gasteiger charge is 2.17. The van der Waals surface area contributed by atoms with Crippen LogP contribution < -0.4 is 10.6 Å². The smallest absolute Gasteiger partial charge is 0.287 e. The van der Waals surface area contributed by atoms with E-state index in [-0.39, 0.29) is 5.91 Å². The number of carbonyl (C=O) groups excluding carboxylic acids is 1. The maximum Gasteiger partial charge on any atom is 0.287 e. The zero-order chi connectivity index (χ0) is 14.7. The number of rotatable bonds is 4. The van der Waals surface area contributed by atoms with E-state index in [1.54, 1.807) is 18.2 Å². The van der Waals surface area contributed by atoms with Gasteiger partial charge in [0.2, 0.25) is 0 Å². The maximum atomic E-state index is 12.1. The van der Waals surface area contributed by atoms with E-state index < -0.39 is 0 Å². The first-order valence-electron chi connectivity index (χ1n) is 7.10. The van der Waals surface area contributed by atoms with Gasteiger partial charge in [-0.1, -0.05) is 23.7 Å². The molecule has 1 saturated heterocycles. The van der Waals surface area contributed by atoms with E-state index in [2.05, 4.69) is 10.6 Å². The Morgan fingerprint density at radius 3 is 2.95 bits per heavy atom. The highest BCUT2D eigenvalue weighted by atomic mass is 35.5. The van der Waals surface area contributed by atoms with Crippen molar-refractivity contribution < 1.29 is 9.21 Å². The summed E-state index contributed by atoms with van der Waals surface area (Å²) in [6.07, 6.45) is 2.27. The Balaban J connectivity index is 1.66. The van der Waals surface area contributed by atoms with Gasteiger partial charge in [0.1, 0.15) is 5.76 Å². The molecule has 4 nitrogen and oxygen atoms in total. The molecule has 5 heteroatoms. The third-order valence-corrected chi connectivity index (χ3v) is 3.97. The predicted octanol–water partition coefficient (Wildman–Crippen LogP) is 3.08. The Bertz CT molecular complexity index is 633. The summed E-state index contributed by atoms with van der Waals surface area (Å²) in [5.41, 5.74) is 0.788. The third kappa shape index (κ3) is 3.28. The molecular weight excluding hydrogens is 288 g/mol. The lowest BCUT2D eigenvalue weighted by atomic mass is 10.2. The Kier molecular flexibility index (Phi) is 4.27. The van der Waals surface area contributed by atoms with Crippen molar-refractivity contribution in [2.75, 3.05) is 13.1 Å². The van der Waals surface area contributed by atoms with Gasteiger partial charge in [-0.3, -0.25) is 4.79 Å². The molecule has 0 spiro atoms. The van der Waals surface area contributed by atoms with Crippen LogP contribution in [0, 0.1) is 0 Å². The number of benzene rings is 1. The summed E-state index contributed by atoms with van der Waals surface area (Å²) in [5.74, 6) is 0.717. The molecule has 1 amide bonds. The minimum Gasteiger partial charge on any atom is -0.451 e. The Morgan fingerprint density at radius 2 is 2.19 bits per heavy atom. The molecule has 110 valence electrons. The van der Waals surface area contributed by atoms with Gasteiger partial charge >= 0.3 is 0 Å². The minimum absolute atomic E-state index is 0.193. The number of amides is 1. The molecule has 1 aliphatic rings. The summed E-state index contributed by atoms with van der Waals surface area (Å²) >= 11 is 6.13. The van der Waals surface area contributed by atoms with Crippen LogP contribution in [-0.2, 0) is 0 Å². The van der Waals surface area contributed by atoms with Gasteiger partial charge in [0.25, 0.3) is 5.91 Å². The molecule has 1 unspecified atom stereocenters. The summed E-state index contributed by atoms with van der Waals surface area (Å²) in [7, 11) is 0. The summed E-state index contributed by atoms with van der Waals surface area (Å²) in [6.45, 7) is 1.65. The van der Waals surface area contributed by atoms with E-state index >= 15 is 0 Å². The van der Waals surface area contributed by atoms with Crippen LogP contribution in [-0.4, -0.2) is 25.0 Å². The topological polar surface area (TPSA) is 54.3 Å². The number of hydrogen-bond donors (Lipinski definition) is 2. The molecule has 1 aromatic carbocycles. The van der Waals surface area contributed by atoms with Crippen LogP contribution in [0.4, 0.5) is 0 Å². The normalized spacial score (nSPS) is 17.9. The van der Waals surface area contributed by atoms with Crippen molar-refractivity contribution in [3.05, 3.63) is 47.2 Å². The fourth-order valence-corrected chi connectivity index (χ4v) is 2.73. The summed E-state index contributed by atoms with van der Waals surface area (Å²) in [4.78, 5) is 12.1. The van der Waals surface area contributed by atoms with Crippen molar-refractivity contribution in [1.29, 1.82) is 0 Å². The molecule has 2 heterocycles. The third-order valence-electron chi connectivity index (χ3n) is 3.64. The van der Waals surface area contributed by atoms with Crippen molar-refractivity contribution in [2.24, 2.45) is 0 Å². The van der Waals surface area contributed by atoms with Gasteiger partial charge in [-0.25, -0.2) is 0 Å². The predicted molar refractivity (Wildman–Crippen MR) is 82.5 cm³/mol. The van der Waals surface area contributed by atoms with Crippen molar-refractivity contribution in [3.63, 3.8) is 0 Å². The largest absolute Gasteiger partial charge is 0.451 e. The molecule has 21 heavy (non-hydrogen) atoms. The summed E-state index contributed by atoms with van der Waals surface area (Å²) in [5, 5.41) is 6.84. The average Bonchev–Trinajstić information content (AvgIpc) is 3.17. The second kappa shape index (κ2) is 6.33. The van der Waals surface area contributed by atoms with E-state index in [1.807, 2.05) is 18.2 Å². The lowest BCUT2D eigenvalue weighted by molar-refractivity contribution is 0.0923. The van der Waals surface area contributed by atoms with Gasteiger partial charge in [-0.05, 0) is 43.7 Å². The lowest BCUT2D eigenvalue weighted by Gasteiger charge is -2.10. The van der Waals surface area contributed by atoms with Crippen LogP contribution in [0.2, 0.25) is 5.02 Å². The number of nitrogens with one attached hydrogen (secondary N) is 2. The molecular formula is C16H17ClN2O2. The van der Waals surface area contributed by atoms with Crippen molar-refractivity contribution in [1.82, 2.24) is 10.6 Å². The van der Waals surface area contributed by atoms with Crippen molar-refractivity contribution >= 4 is 17.5 Å². The van der Waals surface area contributed by atoms with Crippen LogP contribution >= 0.6 is 11.6 Å². The van der Waals surface area contributed by atoms with Crippen LogP contribution in [0.3, 0.4) is 0 Å². The molecule has 1 fully saturated rings. The van der Waals surface area contributed by atoms with Crippen LogP contribution in [0.15, 0.2) is 40.8 Å². The summed E-state index contributed by atoms with van der Waals surface area (Å²) < 4.78 is 5.61. The molecule has 0 saturated carbocycles. The van der Waals surface area contributed by atoms with Gasteiger partial charge in [-0.15, -0.1) is 0 Å². The fourth-order valence-electron chi connectivity index (χ4n) is 2.50. The van der Waals surface area contributed by atoms with Gasteiger partial charge in [0, 0.05) is 18.2 Å². The molecule has 0 radical (unpaired) electrons. The Hall–Kier alpha value is -1.78. The Labute approximate surface area is 128 Å². The zero-order valence-corrected chi connectivity index (χ0v) is 12.3. The first-order valence-corrected chi connectivity index (χ1v) is 7.48. The number of halogens is 1. The van der Waals surface area contributed by atoms with Crippen LogP contribution in [0.5, 0.6) is 0 Å². The first-order chi connectivity index (χ1) is 10.2. The van der Waals surface area contributed by atoms with Gasteiger partial charge in [0.05, 0.1) is 5.02 Å². The fraction of sp³-hybridized carbons (Fsp3) is 0.312. The molecule has 2 aromatic rings. The highest BCUT2D eigenvalue weighted by molar-refractivity contribution is 6.33. The minimum atomic E-state index is -0.193. The molecule has 1 atom stereocenters. The van der Waals surface area contributed by atoms with E-state index in [9.17, 15) is 4.79 Å². The Morgan fingerprint density at radius 1 is 1.33 bits per heavy atom. The molecule has 2 N–H and O–H groups in total. The van der Waals surface area contributed by atoms with Crippen LogP contribution in [0.1, 0.15) is 23.4 Å². The van der Waals surface area contributed by atoms with Gasteiger partial charge < -0.3 is 15.1 Å². The SMILES string of the molecule is O=C(NCC1CCCN1)c1ccc(-c2ccccc2Cl)o1. The molecule has 3 rings (SSSR count). The lowest BCUT2D eigenvalue weighted by Crippen LogP contribution is -2.37. The second-order valence-corrected chi connectivity index (χ2v) is 5.55. The molecule has 0 aliphatic carbocycles. The maximum absolute atomic E-state index is 12.1. The van der Waals surface area contributed by atoms with Gasteiger partial charge in [-0.2, -0.15) is 0 Å². The monoisotopic (exact) mass is 304 g/mol. The van der Waals surface area contributed by atoms with Crippen LogP contribution in [0.25, 0.3) is 11.3 Å². The molecule has 0 bridgehead atoms. The van der Waals surface area contributed by atoms with Gasteiger partial charge in [0.15, 0.2) is 5.76 Å².